The lowest BCUT2D eigenvalue weighted by Crippen LogP contribution is -2.62. The van der Waals surface area contributed by atoms with Crippen LogP contribution in [0.25, 0.3) is 0 Å². The molecule has 5 aliphatic carbocycles. The lowest BCUT2D eigenvalue weighted by molar-refractivity contribution is -0.167. The molecule has 3 saturated carbocycles. The van der Waals surface area contributed by atoms with E-state index in [-0.39, 0.29) is 39.1 Å². The molecule has 2 N–H and O–H groups in total. The fourth-order valence-electron chi connectivity index (χ4n) is 9.88. The summed E-state index contributed by atoms with van der Waals surface area (Å²) in [4.78, 5) is 12.7. The Morgan fingerprint density at radius 2 is 1.61 bits per heavy atom. The molecule has 0 unspecified atom stereocenters. The van der Waals surface area contributed by atoms with E-state index in [1.54, 1.807) is 0 Å². The molecule has 0 bridgehead atoms. The Balaban J connectivity index is 1.62. The van der Waals surface area contributed by atoms with Crippen LogP contribution in [0.2, 0.25) is 0 Å². The third-order valence-electron chi connectivity index (χ3n) is 12.4. The van der Waals surface area contributed by atoms with E-state index in [1.165, 1.54) is 11.1 Å². The Bertz CT molecular complexity index is 940. The summed E-state index contributed by atoms with van der Waals surface area (Å²) in [6, 6.07) is 0. The lowest BCUT2D eigenvalue weighted by Gasteiger charge is -2.68. The van der Waals surface area contributed by atoms with Crippen LogP contribution in [-0.2, 0) is 4.79 Å². The Labute approximate surface area is 201 Å². The average Bonchev–Trinajstić information content (AvgIpc) is 2.71. The van der Waals surface area contributed by atoms with Gasteiger partial charge >= 0.3 is 5.97 Å². The van der Waals surface area contributed by atoms with Crippen molar-refractivity contribution in [1.82, 2.24) is 0 Å². The van der Waals surface area contributed by atoms with Crippen LogP contribution < -0.4 is 0 Å². The standard InChI is InChI=1S/C30H46O3/c1-25(2)14-16-30(24(32)33)17-15-28(6)19(20(30)18-25)8-9-22-27(5)12-11-23(31)26(3,4)21(27)10-13-29(22,28)7/h8,10,20,22-23,31H,9,11-18H2,1-7H3,(H,32,33)/t20-,22-,23+,27+,28-,29-,30-/m1/s1. The first-order valence-electron chi connectivity index (χ1n) is 13.5. The summed E-state index contributed by atoms with van der Waals surface area (Å²) in [5.41, 5.74) is 2.70. The van der Waals surface area contributed by atoms with E-state index in [0.29, 0.717) is 5.92 Å². The maximum absolute atomic E-state index is 12.7. The minimum Gasteiger partial charge on any atom is -0.481 e. The SMILES string of the molecule is CC1(C)CC[C@@]2(C(=O)O)CC[C@]3(C)C(=CC[C@@H]4[C@@]5(C)CC[C@H](O)C(C)(C)C5=CC[C@]43C)[C@H]2C1. The summed E-state index contributed by atoms with van der Waals surface area (Å²) in [5.74, 6) is 0.150. The van der Waals surface area contributed by atoms with Gasteiger partial charge in [-0.2, -0.15) is 0 Å². The van der Waals surface area contributed by atoms with Gasteiger partial charge in [0, 0.05) is 5.41 Å². The van der Waals surface area contributed by atoms with Crippen LogP contribution in [0.3, 0.4) is 0 Å². The number of fused-ring (bicyclic) bond motifs is 7. The van der Waals surface area contributed by atoms with Crippen LogP contribution in [0.5, 0.6) is 0 Å². The molecule has 0 aromatic carbocycles. The first-order valence-corrected chi connectivity index (χ1v) is 13.5. The summed E-state index contributed by atoms with van der Waals surface area (Å²) in [5, 5.41) is 21.3. The van der Waals surface area contributed by atoms with Gasteiger partial charge < -0.3 is 10.2 Å². The number of allylic oxidation sites excluding steroid dienone is 3. The number of carbonyl (C=O) groups is 1. The molecule has 0 saturated heterocycles. The third-order valence-corrected chi connectivity index (χ3v) is 12.4. The summed E-state index contributed by atoms with van der Waals surface area (Å²) in [7, 11) is 0. The van der Waals surface area contributed by atoms with Crippen molar-refractivity contribution in [3.63, 3.8) is 0 Å². The number of hydrogen-bond acceptors (Lipinski definition) is 2. The predicted molar refractivity (Wildman–Crippen MR) is 133 cm³/mol. The monoisotopic (exact) mass is 454 g/mol. The van der Waals surface area contributed by atoms with Gasteiger partial charge in [-0.3, -0.25) is 4.79 Å². The second-order valence-electron chi connectivity index (χ2n) is 14.6. The van der Waals surface area contributed by atoms with E-state index in [9.17, 15) is 15.0 Å². The summed E-state index contributed by atoms with van der Waals surface area (Å²) >= 11 is 0. The normalized spacial score (nSPS) is 50.0. The van der Waals surface area contributed by atoms with E-state index in [4.69, 9.17) is 0 Å². The molecule has 0 amide bonds. The largest absolute Gasteiger partial charge is 0.481 e. The fourth-order valence-corrected chi connectivity index (χ4v) is 9.88. The second-order valence-corrected chi connectivity index (χ2v) is 14.6. The molecule has 3 heteroatoms. The van der Waals surface area contributed by atoms with Gasteiger partial charge in [0.15, 0.2) is 0 Å². The van der Waals surface area contributed by atoms with Crippen molar-refractivity contribution in [2.75, 3.05) is 0 Å². The number of aliphatic carboxylic acids is 1. The van der Waals surface area contributed by atoms with Gasteiger partial charge in [0.1, 0.15) is 0 Å². The number of aliphatic hydroxyl groups excluding tert-OH is 1. The van der Waals surface area contributed by atoms with Gasteiger partial charge in [0.2, 0.25) is 0 Å². The summed E-state index contributed by atoms with van der Waals surface area (Å²) < 4.78 is 0. The van der Waals surface area contributed by atoms with Gasteiger partial charge in [-0.15, -0.1) is 0 Å². The maximum atomic E-state index is 12.7. The molecule has 0 radical (unpaired) electrons. The highest BCUT2D eigenvalue weighted by atomic mass is 16.4. The Morgan fingerprint density at radius 1 is 0.939 bits per heavy atom. The summed E-state index contributed by atoms with van der Waals surface area (Å²) in [6.07, 6.45) is 13.4. The van der Waals surface area contributed by atoms with Crippen LogP contribution in [0.1, 0.15) is 106 Å². The number of rotatable bonds is 1. The Morgan fingerprint density at radius 3 is 2.27 bits per heavy atom. The zero-order valence-corrected chi connectivity index (χ0v) is 22.1. The van der Waals surface area contributed by atoms with E-state index in [2.05, 4.69) is 60.6 Å². The van der Waals surface area contributed by atoms with Crippen molar-refractivity contribution < 1.29 is 15.0 Å². The minimum atomic E-state index is -0.569. The van der Waals surface area contributed by atoms with Crippen LogP contribution in [-0.4, -0.2) is 22.3 Å². The highest BCUT2D eigenvalue weighted by Crippen LogP contribution is 2.74. The molecule has 5 aliphatic rings. The zero-order valence-electron chi connectivity index (χ0n) is 22.1. The highest BCUT2D eigenvalue weighted by Gasteiger charge is 2.67. The van der Waals surface area contributed by atoms with Gasteiger partial charge in [0.25, 0.3) is 0 Å². The molecule has 3 nitrogen and oxygen atoms in total. The second kappa shape index (κ2) is 6.77. The summed E-state index contributed by atoms with van der Waals surface area (Å²) in [6.45, 7) is 16.6. The quantitative estimate of drug-likeness (QED) is 0.413. The molecule has 184 valence electrons. The first-order chi connectivity index (χ1) is 15.1. The van der Waals surface area contributed by atoms with Gasteiger partial charge in [0.05, 0.1) is 11.5 Å². The molecule has 0 aromatic rings. The molecule has 3 fully saturated rings. The van der Waals surface area contributed by atoms with E-state index in [1.807, 2.05) is 0 Å². The van der Waals surface area contributed by atoms with Crippen molar-refractivity contribution in [3.05, 3.63) is 23.3 Å². The van der Waals surface area contributed by atoms with Gasteiger partial charge in [-0.05, 0) is 91.3 Å². The zero-order chi connectivity index (χ0) is 24.2. The van der Waals surface area contributed by atoms with Gasteiger partial charge in [-0.25, -0.2) is 0 Å². The molecule has 0 heterocycles. The van der Waals surface area contributed by atoms with E-state index < -0.39 is 11.4 Å². The van der Waals surface area contributed by atoms with Crippen molar-refractivity contribution in [2.45, 2.75) is 112 Å². The van der Waals surface area contributed by atoms with Crippen molar-refractivity contribution in [2.24, 2.45) is 44.3 Å². The van der Waals surface area contributed by atoms with Gasteiger partial charge in [-0.1, -0.05) is 71.8 Å². The van der Waals surface area contributed by atoms with Crippen molar-refractivity contribution in [1.29, 1.82) is 0 Å². The average molecular weight is 455 g/mol. The molecular formula is C30H46O3. The molecular weight excluding hydrogens is 408 g/mol. The molecule has 0 aromatic heterocycles. The molecule has 33 heavy (non-hydrogen) atoms. The lowest BCUT2D eigenvalue weighted by atomic mass is 9.35. The molecule has 0 spiro atoms. The molecule has 0 aliphatic heterocycles. The highest BCUT2D eigenvalue weighted by molar-refractivity contribution is 5.76. The minimum absolute atomic E-state index is 0.0399. The molecule has 5 rings (SSSR count). The maximum Gasteiger partial charge on any atom is 0.310 e. The first kappa shape index (κ1) is 23.6. The Kier molecular flexibility index (Phi) is 4.85. The van der Waals surface area contributed by atoms with Crippen molar-refractivity contribution >= 4 is 5.97 Å². The number of carboxylic acid groups (broad SMARTS) is 1. The van der Waals surface area contributed by atoms with Crippen LogP contribution in [0.15, 0.2) is 23.3 Å². The van der Waals surface area contributed by atoms with E-state index >= 15 is 0 Å². The predicted octanol–water partition coefficient (Wildman–Crippen LogP) is 7.15. The van der Waals surface area contributed by atoms with E-state index in [0.717, 1.165) is 57.8 Å². The van der Waals surface area contributed by atoms with Crippen LogP contribution >= 0.6 is 0 Å². The Hall–Kier alpha value is -1.09. The smallest absolute Gasteiger partial charge is 0.310 e. The number of carboxylic acids is 1. The van der Waals surface area contributed by atoms with Crippen molar-refractivity contribution in [3.8, 4) is 0 Å². The fraction of sp³-hybridized carbons (Fsp3) is 0.833. The molecule has 7 atom stereocenters. The van der Waals surface area contributed by atoms with Crippen LogP contribution in [0, 0.1) is 44.3 Å². The number of aliphatic hydroxyl groups is 1. The topological polar surface area (TPSA) is 57.5 Å². The number of hydrogen-bond donors (Lipinski definition) is 2. The third kappa shape index (κ3) is 2.81. The van der Waals surface area contributed by atoms with Crippen LogP contribution in [0.4, 0.5) is 0 Å².